The van der Waals surface area contributed by atoms with E-state index in [4.69, 9.17) is 9.47 Å². The average Bonchev–Trinajstić information content (AvgIpc) is 3.23. The summed E-state index contributed by atoms with van der Waals surface area (Å²) in [5.41, 5.74) is 1.60. The summed E-state index contributed by atoms with van der Waals surface area (Å²) in [5.74, 6) is 1.35. The van der Waals surface area contributed by atoms with Gasteiger partial charge in [0.2, 0.25) is 5.91 Å². The van der Waals surface area contributed by atoms with E-state index in [1.165, 1.54) is 0 Å². The Morgan fingerprint density at radius 3 is 2.79 bits per heavy atom. The molecule has 2 atom stereocenters. The number of rotatable bonds is 5. The second-order valence-corrected chi connectivity index (χ2v) is 6.71. The van der Waals surface area contributed by atoms with Crippen LogP contribution < -0.4 is 9.47 Å². The van der Waals surface area contributed by atoms with Crippen LogP contribution >= 0.6 is 0 Å². The number of amides is 1. The first kappa shape index (κ1) is 18.0. The predicted molar refractivity (Wildman–Crippen MR) is 102 cm³/mol. The van der Waals surface area contributed by atoms with E-state index in [0.29, 0.717) is 24.6 Å². The zero-order valence-corrected chi connectivity index (χ0v) is 15.7. The number of aromatic nitrogens is 4. The summed E-state index contributed by atoms with van der Waals surface area (Å²) in [7, 11) is 1.75. The molecule has 0 spiro atoms. The highest BCUT2D eigenvalue weighted by Gasteiger charge is 2.27. The molecule has 1 amide bonds. The number of carbonyl (C=O) groups is 1. The van der Waals surface area contributed by atoms with Crippen molar-refractivity contribution in [2.45, 2.75) is 19.1 Å². The first-order chi connectivity index (χ1) is 13.6. The Morgan fingerprint density at radius 2 is 2.00 bits per heavy atom. The van der Waals surface area contributed by atoms with Crippen molar-refractivity contribution >= 4 is 5.91 Å². The lowest BCUT2D eigenvalue weighted by atomic mass is 10.2. The van der Waals surface area contributed by atoms with E-state index in [1.54, 1.807) is 42.1 Å². The third-order valence-corrected chi connectivity index (χ3v) is 4.66. The number of ether oxygens (including phenoxy) is 2. The van der Waals surface area contributed by atoms with E-state index in [9.17, 15) is 4.79 Å². The summed E-state index contributed by atoms with van der Waals surface area (Å²) in [6.07, 6.45) is 4.93. The molecular formula is C20H21N5O3. The third-order valence-electron chi connectivity index (χ3n) is 4.66. The van der Waals surface area contributed by atoms with Crippen molar-refractivity contribution in [2.24, 2.45) is 0 Å². The maximum Gasteiger partial charge on any atom is 0.247 e. The standard InChI is InChI=1S/C20H21N5O3/c1-14(25-12-17(22-23-25)15-7-9-21-10-8-15)20(26)24(2)11-16-13-27-18-5-3-4-6-19(18)28-16/h3-10,12,14,16H,11,13H2,1-2H3. The van der Waals surface area contributed by atoms with E-state index in [2.05, 4.69) is 15.3 Å². The Bertz CT molecular complexity index is 959. The molecule has 144 valence electrons. The van der Waals surface area contributed by atoms with Crippen LogP contribution in [0.15, 0.2) is 55.0 Å². The highest BCUT2D eigenvalue weighted by atomic mass is 16.6. The molecule has 1 aromatic carbocycles. The van der Waals surface area contributed by atoms with Crippen LogP contribution in [-0.4, -0.2) is 57.1 Å². The third kappa shape index (κ3) is 3.66. The SMILES string of the molecule is CC(C(=O)N(C)CC1COc2ccccc2O1)n1cc(-c2ccncc2)nn1. The number of pyridine rings is 1. The van der Waals surface area contributed by atoms with Crippen LogP contribution in [0.3, 0.4) is 0 Å². The zero-order chi connectivity index (χ0) is 19.5. The second-order valence-electron chi connectivity index (χ2n) is 6.71. The lowest BCUT2D eigenvalue weighted by molar-refractivity contribution is -0.134. The number of nitrogens with zero attached hydrogens (tertiary/aromatic N) is 5. The molecule has 3 heterocycles. The first-order valence-corrected chi connectivity index (χ1v) is 9.07. The normalized spacial score (nSPS) is 16.4. The fraction of sp³-hybridized carbons (Fsp3) is 0.300. The molecule has 0 aliphatic carbocycles. The molecule has 8 heteroatoms. The molecular weight excluding hydrogens is 358 g/mol. The van der Waals surface area contributed by atoms with Gasteiger partial charge < -0.3 is 14.4 Å². The lowest BCUT2D eigenvalue weighted by Gasteiger charge is -2.30. The van der Waals surface area contributed by atoms with E-state index >= 15 is 0 Å². The molecule has 4 rings (SSSR count). The van der Waals surface area contributed by atoms with Gasteiger partial charge in [-0.15, -0.1) is 5.10 Å². The summed E-state index contributed by atoms with van der Waals surface area (Å²) < 4.78 is 13.2. The van der Waals surface area contributed by atoms with Gasteiger partial charge in [-0.2, -0.15) is 0 Å². The van der Waals surface area contributed by atoms with Gasteiger partial charge in [0.1, 0.15) is 18.3 Å². The topological polar surface area (TPSA) is 82.4 Å². The minimum Gasteiger partial charge on any atom is -0.486 e. The zero-order valence-electron chi connectivity index (χ0n) is 15.7. The van der Waals surface area contributed by atoms with Gasteiger partial charge in [0.05, 0.1) is 12.7 Å². The van der Waals surface area contributed by atoms with Gasteiger partial charge in [-0.25, -0.2) is 4.68 Å². The van der Waals surface area contributed by atoms with Crippen molar-refractivity contribution in [2.75, 3.05) is 20.2 Å². The molecule has 2 aromatic heterocycles. The molecule has 0 saturated carbocycles. The molecule has 28 heavy (non-hydrogen) atoms. The minimum absolute atomic E-state index is 0.0753. The second kappa shape index (κ2) is 7.67. The summed E-state index contributed by atoms with van der Waals surface area (Å²) in [6, 6.07) is 10.8. The van der Waals surface area contributed by atoms with Crippen molar-refractivity contribution in [1.29, 1.82) is 0 Å². The van der Waals surface area contributed by atoms with E-state index < -0.39 is 6.04 Å². The average molecular weight is 379 g/mol. The van der Waals surface area contributed by atoms with Crippen LogP contribution in [0.4, 0.5) is 0 Å². The largest absolute Gasteiger partial charge is 0.486 e. The molecule has 1 aliphatic rings. The minimum atomic E-state index is -0.482. The Kier molecular flexibility index (Phi) is 4.92. The molecule has 2 unspecified atom stereocenters. The number of fused-ring (bicyclic) bond motifs is 1. The van der Waals surface area contributed by atoms with Crippen molar-refractivity contribution in [3.63, 3.8) is 0 Å². The number of carbonyl (C=O) groups excluding carboxylic acids is 1. The Labute approximate surface area is 162 Å². The van der Waals surface area contributed by atoms with E-state index in [0.717, 1.165) is 11.3 Å². The van der Waals surface area contributed by atoms with Gasteiger partial charge >= 0.3 is 0 Å². The van der Waals surface area contributed by atoms with Crippen molar-refractivity contribution < 1.29 is 14.3 Å². The summed E-state index contributed by atoms with van der Waals surface area (Å²) in [6.45, 7) is 2.62. The monoisotopic (exact) mass is 379 g/mol. The smallest absolute Gasteiger partial charge is 0.247 e. The summed E-state index contributed by atoms with van der Waals surface area (Å²) >= 11 is 0. The fourth-order valence-corrected chi connectivity index (χ4v) is 3.10. The Hall–Kier alpha value is -3.42. The molecule has 0 N–H and O–H groups in total. The highest BCUT2D eigenvalue weighted by Crippen LogP contribution is 2.31. The Balaban J connectivity index is 1.39. The lowest BCUT2D eigenvalue weighted by Crippen LogP contribution is -2.43. The maximum absolute atomic E-state index is 12.8. The molecule has 0 fully saturated rings. The van der Waals surface area contributed by atoms with Gasteiger partial charge in [0, 0.05) is 25.0 Å². The molecule has 8 nitrogen and oxygen atoms in total. The quantitative estimate of drug-likeness (QED) is 0.676. The van der Waals surface area contributed by atoms with Crippen LogP contribution in [0.5, 0.6) is 11.5 Å². The van der Waals surface area contributed by atoms with Gasteiger partial charge in [-0.1, -0.05) is 17.3 Å². The van der Waals surface area contributed by atoms with Gasteiger partial charge in [0.25, 0.3) is 0 Å². The highest BCUT2D eigenvalue weighted by molar-refractivity contribution is 5.79. The number of para-hydroxylation sites is 2. The number of likely N-dealkylation sites (N-methyl/N-ethyl adjacent to an activating group) is 1. The first-order valence-electron chi connectivity index (χ1n) is 9.07. The van der Waals surface area contributed by atoms with Crippen LogP contribution in [-0.2, 0) is 4.79 Å². The predicted octanol–water partition coefficient (Wildman–Crippen LogP) is 2.20. The van der Waals surface area contributed by atoms with Crippen LogP contribution in [0.2, 0.25) is 0 Å². The van der Waals surface area contributed by atoms with Gasteiger partial charge in [0.15, 0.2) is 17.6 Å². The van der Waals surface area contributed by atoms with Gasteiger partial charge in [-0.3, -0.25) is 9.78 Å². The van der Waals surface area contributed by atoms with Crippen LogP contribution in [0, 0.1) is 0 Å². The van der Waals surface area contributed by atoms with E-state index in [-0.39, 0.29) is 12.0 Å². The van der Waals surface area contributed by atoms with Crippen molar-refractivity contribution in [3.8, 4) is 22.8 Å². The number of hydrogen-bond donors (Lipinski definition) is 0. The molecule has 0 bridgehead atoms. The van der Waals surface area contributed by atoms with Crippen LogP contribution in [0.25, 0.3) is 11.3 Å². The molecule has 0 radical (unpaired) electrons. The number of benzene rings is 1. The summed E-state index contributed by atoms with van der Waals surface area (Å²) in [5, 5.41) is 8.28. The molecule has 3 aromatic rings. The maximum atomic E-state index is 12.8. The van der Waals surface area contributed by atoms with E-state index in [1.807, 2.05) is 36.4 Å². The molecule has 0 saturated heterocycles. The van der Waals surface area contributed by atoms with Crippen LogP contribution in [0.1, 0.15) is 13.0 Å². The Morgan fingerprint density at radius 1 is 1.25 bits per heavy atom. The number of hydrogen-bond acceptors (Lipinski definition) is 6. The van der Waals surface area contributed by atoms with Crippen molar-refractivity contribution in [1.82, 2.24) is 24.9 Å². The fourth-order valence-electron chi connectivity index (χ4n) is 3.10. The summed E-state index contributed by atoms with van der Waals surface area (Å²) in [4.78, 5) is 18.5. The van der Waals surface area contributed by atoms with Crippen molar-refractivity contribution in [3.05, 3.63) is 55.0 Å². The van der Waals surface area contributed by atoms with Gasteiger partial charge in [-0.05, 0) is 31.2 Å². The molecule has 1 aliphatic heterocycles.